The molecule has 220 valence electrons. The third-order valence-corrected chi connectivity index (χ3v) is 9.39. The summed E-state index contributed by atoms with van der Waals surface area (Å²) in [6.45, 7) is 0.450. The minimum atomic E-state index is -3.05. The Labute approximate surface area is 244 Å². The number of nitriles is 1. The van der Waals surface area contributed by atoms with E-state index in [1.54, 1.807) is 18.5 Å². The van der Waals surface area contributed by atoms with Crippen molar-refractivity contribution in [1.82, 2.24) is 25.1 Å². The third-order valence-electron chi connectivity index (χ3n) is 9.39. The fourth-order valence-corrected chi connectivity index (χ4v) is 7.17. The van der Waals surface area contributed by atoms with Crippen LogP contribution in [-0.2, 0) is 31.4 Å². The standard InChI is InChI=1S/C32H37F2N7O/c1-41-20-37-40-30(41)31(17-21(18-31)12-14-35)23-7-6-10-25(16-23)38-29(42)27-15-22(19-36-24-8-4-2-3-5-9-24)26-11-13-32(33,34)28(26)39-27/h6-7,10,15-16,20-21,24,36H,2-5,8-9,11-13,17-19H2,1H3,(H,38,42). The van der Waals surface area contributed by atoms with E-state index in [0.717, 1.165) is 42.6 Å². The molecular weight excluding hydrogens is 536 g/mol. The molecule has 2 saturated carbocycles. The van der Waals surface area contributed by atoms with Crippen molar-refractivity contribution < 1.29 is 13.6 Å². The van der Waals surface area contributed by atoms with Crippen molar-refractivity contribution in [3.8, 4) is 6.07 Å². The van der Waals surface area contributed by atoms with Crippen molar-refractivity contribution in [2.24, 2.45) is 13.0 Å². The highest BCUT2D eigenvalue weighted by atomic mass is 19.3. The predicted molar refractivity (Wildman–Crippen MR) is 154 cm³/mol. The van der Waals surface area contributed by atoms with Crippen LogP contribution in [0.2, 0.25) is 0 Å². The summed E-state index contributed by atoms with van der Waals surface area (Å²) in [7, 11) is 1.90. The Morgan fingerprint density at radius 2 is 1.95 bits per heavy atom. The van der Waals surface area contributed by atoms with Crippen LogP contribution < -0.4 is 10.6 Å². The monoisotopic (exact) mass is 573 g/mol. The highest BCUT2D eigenvalue weighted by molar-refractivity contribution is 6.03. The molecule has 0 unspecified atom stereocenters. The van der Waals surface area contributed by atoms with Gasteiger partial charge in [0.15, 0.2) is 0 Å². The van der Waals surface area contributed by atoms with Crippen LogP contribution >= 0.6 is 0 Å². The van der Waals surface area contributed by atoms with Gasteiger partial charge in [0.05, 0.1) is 11.5 Å². The average Bonchev–Trinajstić information content (AvgIpc) is 3.40. The van der Waals surface area contributed by atoms with E-state index in [-0.39, 0.29) is 30.1 Å². The maximum atomic E-state index is 14.9. The van der Waals surface area contributed by atoms with E-state index in [0.29, 0.717) is 30.3 Å². The van der Waals surface area contributed by atoms with E-state index in [1.807, 2.05) is 29.8 Å². The first-order valence-electron chi connectivity index (χ1n) is 15.1. The second-order valence-corrected chi connectivity index (χ2v) is 12.3. The number of aryl methyl sites for hydroxylation is 1. The van der Waals surface area contributed by atoms with Gasteiger partial charge in [-0.25, -0.2) is 4.98 Å². The Kier molecular flexibility index (Phi) is 7.79. The lowest BCUT2D eigenvalue weighted by atomic mass is 9.57. The van der Waals surface area contributed by atoms with E-state index < -0.39 is 17.2 Å². The summed E-state index contributed by atoms with van der Waals surface area (Å²) >= 11 is 0. The highest BCUT2D eigenvalue weighted by Crippen LogP contribution is 2.53. The number of aromatic nitrogens is 4. The van der Waals surface area contributed by atoms with Crippen molar-refractivity contribution in [2.75, 3.05) is 5.32 Å². The Balaban J connectivity index is 1.25. The molecule has 0 aliphatic heterocycles. The number of rotatable bonds is 8. The molecule has 2 heterocycles. The summed E-state index contributed by atoms with van der Waals surface area (Å²) in [5.74, 6) is -2.49. The fourth-order valence-electron chi connectivity index (χ4n) is 7.17. The van der Waals surface area contributed by atoms with Crippen molar-refractivity contribution in [3.05, 3.63) is 70.6 Å². The summed E-state index contributed by atoms with van der Waals surface area (Å²) in [4.78, 5) is 17.7. The van der Waals surface area contributed by atoms with E-state index in [4.69, 9.17) is 0 Å². The highest BCUT2D eigenvalue weighted by Gasteiger charge is 2.49. The van der Waals surface area contributed by atoms with Crippen molar-refractivity contribution in [1.29, 1.82) is 5.26 Å². The lowest BCUT2D eigenvalue weighted by molar-refractivity contribution is -0.00602. The Bertz CT molecular complexity index is 1500. The number of hydrogen-bond acceptors (Lipinski definition) is 6. The van der Waals surface area contributed by atoms with Gasteiger partial charge in [-0.3, -0.25) is 4.79 Å². The molecule has 0 bridgehead atoms. The molecule has 42 heavy (non-hydrogen) atoms. The van der Waals surface area contributed by atoms with Crippen LogP contribution in [0.25, 0.3) is 0 Å². The molecule has 1 amide bonds. The van der Waals surface area contributed by atoms with Crippen LogP contribution in [0.5, 0.6) is 0 Å². The van der Waals surface area contributed by atoms with Gasteiger partial charge in [0.1, 0.15) is 23.5 Å². The number of carbonyl (C=O) groups excluding carboxylic acids is 1. The van der Waals surface area contributed by atoms with E-state index in [2.05, 4.69) is 31.9 Å². The molecule has 0 saturated heterocycles. The zero-order chi connectivity index (χ0) is 29.3. The molecule has 3 aliphatic rings. The number of carbonyl (C=O) groups is 1. The number of pyridine rings is 1. The summed E-state index contributed by atoms with van der Waals surface area (Å²) in [6.07, 6.45) is 10.6. The first-order chi connectivity index (χ1) is 20.3. The van der Waals surface area contributed by atoms with Crippen LogP contribution in [0.1, 0.15) is 103 Å². The van der Waals surface area contributed by atoms with Crippen LogP contribution in [0.15, 0.2) is 36.7 Å². The van der Waals surface area contributed by atoms with Crippen LogP contribution in [0.4, 0.5) is 14.5 Å². The number of alkyl halides is 2. The Morgan fingerprint density at radius 3 is 2.67 bits per heavy atom. The summed E-state index contributed by atoms with van der Waals surface area (Å²) in [5.41, 5.74) is 2.14. The van der Waals surface area contributed by atoms with Gasteiger partial charge in [-0.05, 0) is 72.9 Å². The maximum Gasteiger partial charge on any atom is 0.290 e. The number of anilines is 1. The minimum Gasteiger partial charge on any atom is -0.321 e. The topological polar surface area (TPSA) is 109 Å². The molecule has 0 spiro atoms. The molecule has 2 fully saturated rings. The van der Waals surface area contributed by atoms with Gasteiger partial charge in [0.2, 0.25) is 0 Å². The van der Waals surface area contributed by atoms with Crippen LogP contribution in [0.3, 0.4) is 0 Å². The second kappa shape index (κ2) is 11.5. The predicted octanol–water partition coefficient (Wildman–Crippen LogP) is 5.92. The number of halogens is 2. The lowest BCUT2D eigenvalue weighted by Crippen LogP contribution is -2.44. The van der Waals surface area contributed by atoms with Gasteiger partial charge < -0.3 is 15.2 Å². The Hall–Kier alpha value is -3.71. The molecule has 6 rings (SSSR count). The smallest absolute Gasteiger partial charge is 0.290 e. The molecule has 2 aromatic heterocycles. The molecule has 0 radical (unpaired) electrons. The average molecular weight is 574 g/mol. The second-order valence-electron chi connectivity index (χ2n) is 12.3. The van der Waals surface area contributed by atoms with Crippen molar-refractivity contribution in [2.45, 2.75) is 94.6 Å². The molecule has 2 N–H and O–H groups in total. The summed E-state index contributed by atoms with van der Waals surface area (Å²) in [5, 5.41) is 24.2. The summed E-state index contributed by atoms with van der Waals surface area (Å²) < 4.78 is 31.6. The zero-order valence-electron chi connectivity index (χ0n) is 24.0. The number of fused-ring (bicyclic) bond motifs is 1. The SMILES string of the molecule is Cn1cnnc1C1(c2cccc(NC(=O)c3cc(CNC4CCCCCC4)c4c(n3)C(F)(F)CC4)c2)CC(CC#N)C1. The molecular formula is C32H37F2N7O. The number of amides is 1. The Morgan fingerprint density at radius 1 is 1.17 bits per heavy atom. The molecule has 8 nitrogen and oxygen atoms in total. The zero-order valence-corrected chi connectivity index (χ0v) is 24.0. The number of nitrogens with zero attached hydrogens (tertiary/aromatic N) is 5. The molecule has 1 aromatic carbocycles. The minimum absolute atomic E-state index is 0.000799. The first kappa shape index (κ1) is 28.4. The molecule has 10 heteroatoms. The van der Waals surface area contributed by atoms with Gasteiger partial charge in [0.25, 0.3) is 11.8 Å². The van der Waals surface area contributed by atoms with Gasteiger partial charge >= 0.3 is 0 Å². The third kappa shape index (κ3) is 5.42. The number of nitrogens with one attached hydrogen (secondary N) is 2. The van der Waals surface area contributed by atoms with Crippen molar-refractivity contribution >= 4 is 11.6 Å². The lowest BCUT2D eigenvalue weighted by Gasteiger charge is -2.46. The van der Waals surface area contributed by atoms with Crippen LogP contribution in [-0.4, -0.2) is 31.7 Å². The fraction of sp³-hybridized carbons (Fsp3) is 0.531. The van der Waals surface area contributed by atoms with E-state index in [1.165, 1.54) is 25.7 Å². The quantitative estimate of drug-likeness (QED) is 0.324. The van der Waals surface area contributed by atoms with E-state index in [9.17, 15) is 18.8 Å². The van der Waals surface area contributed by atoms with Gasteiger partial charge in [-0.1, -0.05) is 37.8 Å². The number of hydrogen-bond donors (Lipinski definition) is 2. The van der Waals surface area contributed by atoms with Crippen LogP contribution in [0, 0.1) is 17.2 Å². The van der Waals surface area contributed by atoms with Gasteiger partial charge in [-0.15, -0.1) is 10.2 Å². The normalized spacial score (nSPS) is 23.4. The largest absolute Gasteiger partial charge is 0.321 e. The molecule has 3 aromatic rings. The van der Waals surface area contributed by atoms with Gasteiger partial charge in [0, 0.05) is 38.2 Å². The maximum absolute atomic E-state index is 14.9. The first-order valence-corrected chi connectivity index (χ1v) is 15.1. The van der Waals surface area contributed by atoms with Crippen molar-refractivity contribution in [3.63, 3.8) is 0 Å². The molecule has 3 aliphatic carbocycles. The molecule has 0 atom stereocenters. The summed E-state index contributed by atoms with van der Waals surface area (Å²) in [6, 6.07) is 11.9. The van der Waals surface area contributed by atoms with E-state index >= 15 is 0 Å². The van der Waals surface area contributed by atoms with Gasteiger partial charge in [-0.2, -0.15) is 14.0 Å². The number of benzene rings is 1.